The molecule has 0 saturated heterocycles. The minimum absolute atomic E-state index is 0.0649. The zero-order chi connectivity index (χ0) is 19.9. The fourth-order valence-corrected chi connectivity index (χ4v) is 3.11. The average Bonchev–Trinajstić information content (AvgIpc) is 3.17. The molecule has 1 aromatic heterocycles. The summed E-state index contributed by atoms with van der Waals surface area (Å²) in [5, 5.41) is 3.03. The SMILES string of the molecule is CCc1ccc(C(CNC(=O)Cc2coc(-c3ccccc3)n2)N(C)C)cc1. The van der Waals surface area contributed by atoms with Crippen molar-refractivity contribution in [1.29, 1.82) is 0 Å². The first kappa shape index (κ1) is 19.8. The van der Waals surface area contributed by atoms with Crippen LogP contribution in [0.3, 0.4) is 0 Å². The van der Waals surface area contributed by atoms with E-state index in [4.69, 9.17) is 4.42 Å². The summed E-state index contributed by atoms with van der Waals surface area (Å²) in [5.41, 5.74) is 4.03. The van der Waals surface area contributed by atoms with Crippen molar-refractivity contribution in [2.45, 2.75) is 25.8 Å². The maximum atomic E-state index is 12.4. The van der Waals surface area contributed by atoms with Crippen LogP contribution in [0.2, 0.25) is 0 Å². The molecule has 1 amide bonds. The molecular formula is C23H27N3O2. The van der Waals surface area contributed by atoms with E-state index in [0.29, 0.717) is 18.1 Å². The van der Waals surface area contributed by atoms with Gasteiger partial charge >= 0.3 is 0 Å². The summed E-state index contributed by atoms with van der Waals surface area (Å²) >= 11 is 0. The predicted octanol–water partition coefficient (Wildman–Crippen LogP) is 3.87. The van der Waals surface area contributed by atoms with Crippen LogP contribution >= 0.6 is 0 Å². The smallest absolute Gasteiger partial charge is 0.226 e. The Morgan fingerprint density at radius 1 is 1.11 bits per heavy atom. The monoisotopic (exact) mass is 377 g/mol. The van der Waals surface area contributed by atoms with Crippen molar-refractivity contribution in [3.8, 4) is 11.5 Å². The Bertz CT molecular complexity index is 886. The standard InChI is InChI=1S/C23H27N3O2/c1-4-17-10-12-18(13-11-17)21(26(2)3)15-24-22(27)14-20-16-28-23(25-20)19-8-6-5-7-9-19/h5-13,16,21H,4,14-15H2,1-3H3,(H,24,27). The zero-order valence-electron chi connectivity index (χ0n) is 16.7. The van der Waals surface area contributed by atoms with Gasteiger partial charge in [0.1, 0.15) is 6.26 Å². The molecule has 1 unspecified atom stereocenters. The molecule has 0 radical (unpaired) electrons. The Morgan fingerprint density at radius 3 is 2.46 bits per heavy atom. The van der Waals surface area contributed by atoms with Crippen molar-refractivity contribution >= 4 is 5.91 Å². The van der Waals surface area contributed by atoms with E-state index in [1.807, 2.05) is 44.4 Å². The summed E-state index contributed by atoms with van der Waals surface area (Å²) in [4.78, 5) is 18.9. The Morgan fingerprint density at radius 2 is 1.82 bits per heavy atom. The van der Waals surface area contributed by atoms with Gasteiger partial charge in [0.15, 0.2) is 0 Å². The summed E-state index contributed by atoms with van der Waals surface area (Å²) in [5.74, 6) is 0.468. The summed E-state index contributed by atoms with van der Waals surface area (Å²) in [7, 11) is 4.04. The number of amides is 1. The van der Waals surface area contributed by atoms with Crippen LogP contribution in [0.4, 0.5) is 0 Å². The molecule has 0 bridgehead atoms. The highest BCUT2D eigenvalue weighted by molar-refractivity contribution is 5.78. The molecule has 3 rings (SSSR count). The maximum absolute atomic E-state index is 12.4. The lowest BCUT2D eigenvalue weighted by Crippen LogP contribution is -2.35. The third kappa shape index (κ3) is 5.08. The minimum atomic E-state index is -0.0649. The normalized spacial score (nSPS) is 12.1. The molecule has 0 aliphatic rings. The van der Waals surface area contributed by atoms with E-state index in [1.54, 1.807) is 6.26 Å². The van der Waals surface area contributed by atoms with Crippen molar-refractivity contribution in [1.82, 2.24) is 15.2 Å². The van der Waals surface area contributed by atoms with Gasteiger partial charge in [-0.1, -0.05) is 49.4 Å². The number of carbonyl (C=O) groups excluding carboxylic acids is 1. The number of carbonyl (C=O) groups is 1. The number of hydrogen-bond donors (Lipinski definition) is 1. The van der Waals surface area contributed by atoms with Gasteiger partial charge < -0.3 is 14.6 Å². The first-order chi connectivity index (χ1) is 13.6. The van der Waals surface area contributed by atoms with Crippen LogP contribution in [-0.2, 0) is 17.6 Å². The molecule has 1 atom stereocenters. The van der Waals surface area contributed by atoms with E-state index in [-0.39, 0.29) is 18.4 Å². The van der Waals surface area contributed by atoms with Crippen molar-refractivity contribution in [3.63, 3.8) is 0 Å². The highest BCUT2D eigenvalue weighted by atomic mass is 16.3. The Balaban J connectivity index is 1.58. The molecule has 0 aliphatic carbocycles. The second-order valence-electron chi connectivity index (χ2n) is 7.07. The third-order valence-electron chi connectivity index (χ3n) is 4.80. The van der Waals surface area contributed by atoms with Crippen molar-refractivity contribution < 1.29 is 9.21 Å². The van der Waals surface area contributed by atoms with E-state index >= 15 is 0 Å². The molecule has 2 aromatic carbocycles. The fraction of sp³-hybridized carbons (Fsp3) is 0.304. The second kappa shape index (κ2) is 9.33. The molecule has 0 fully saturated rings. The molecule has 146 valence electrons. The first-order valence-corrected chi connectivity index (χ1v) is 9.58. The lowest BCUT2D eigenvalue weighted by Gasteiger charge is -2.25. The number of aryl methyl sites for hydroxylation is 1. The van der Waals surface area contributed by atoms with E-state index in [1.165, 1.54) is 11.1 Å². The van der Waals surface area contributed by atoms with Crippen LogP contribution in [0, 0.1) is 0 Å². The average molecular weight is 377 g/mol. The molecule has 0 saturated carbocycles. The van der Waals surface area contributed by atoms with Gasteiger partial charge in [0.05, 0.1) is 18.2 Å². The third-order valence-corrected chi connectivity index (χ3v) is 4.80. The van der Waals surface area contributed by atoms with Crippen molar-refractivity contribution in [2.75, 3.05) is 20.6 Å². The maximum Gasteiger partial charge on any atom is 0.226 e. The summed E-state index contributed by atoms with van der Waals surface area (Å²) in [6, 6.07) is 18.4. The predicted molar refractivity (Wildman–Crippen MR) is 111 cm³/mol. The molecule has 1 heterocycles. The van der Waals surface area contributed by atoms with Crippen molar-refractivity contribution in [3.05, 3.63) is 77.7 Å². The van der Waals surface area contributed by atoms with Crippen LogP contribution in [0.25, 0.3) is 11.5 Å². The number of nitrogens with one attached hydrogen (secondary N) is 1. The van der Waals surface area contributed by atoms with Gasteiger partial charge in [-0.3, -0.25) is 4.79 Å². The van der Waals surface area contributed by atoms with Gasteiger partial charge in [-0.15, -0.1) is 0 Å². The van der Waals surface area contributed by atoms with Gasteiger partial charge in [-0.25, -0.2) is 4.98 Å². The van der Waals surface area contributed by atoms with Crippen molar-refractivity contribution in [2.24, 2.45) is 0 Å². The Kier molecular flexibility index (Phi) is 6.61. The van der Waals surface area contributed by atoms with Gasteiger partial charge in [0.25, 0.3) is 0 Å². The fourth-order valence-electron chi connectivity index (χ4n) is 3.11. The van der Waals surface area contributed by atoms with Gasteiger partial charge in [-0.2, -0.15) is 0 Å². The lowest BCUT2D eigenvalue weighted by molar-refractivity contribution is -0.120. The largest absolute Gasteiger partial charge is 0.444 e. The summed E-state index contributed by atoms with van der Waals surface area (Å²) < 4.78 is 5.51. The van der Waals surface area contributed by atoms with Crippen LogP contribution < -0.4 is 5.32 Å². The number of oxazole rings is 1. The molecule has 0 spiro atoms. The number of rotatable bonds is 8. The lowest BCUT2D eigenvalue weighted by atomic mass is 10.0. The topological polar surface area (TPSA) is 58.4 Å². The Labute approximate surface area is 166 Å². The molecule has 0 aliphatic heterocycles. The Hall–Kier alpha value is -2.92. The number of nitrogens with zero attached hydrogens (tertiary/aromatic N) is 2. The molecule has 28 heavy (non-hydrogen) atoms. The molecule has 5 nitrogen and oxygen atoms in total. The quantitative estimate of drug-likeness (QED) is 0.647. The summed E-state index contributed by atoms with van der Waals surface area (Å²) in [6.45, 7) is 2.69. The number of benzene rings is 2. The highest BCUT2D eigenvalue weighted by Crippen LogP contribution is 2.19. The van der Waals surface area contributed by atoms with Crippen LogP contribution in [0.5, 0.6) is 0 Å². The van der Waals surface area contributed by atoms with Gasteiger partial charge in [0.2, 0.25) is 11.8 Å². The zero-order valence-corrected chi connectivity index (χ0v) is 16.7. The van der Waals surface area contributed by atoms with E-state index in [0.717, 1.165) is 12.0 Å². The van der Waals surface area contributed by atoms with Gasteiger partial charge in [0, 0.05) is 12.1 Å². The number of hydrogen-bond acceptors (Lipinski definition) is 4. The van der Waals surface area contributed by atoms with Crippen LogP contribution in [0.1, 0.15) is 29.8 Å². The number of aromatic nitrogens is 1. The minimum Gasteiger partial charge on any atom is -0.444 e. The summed E-state index contributed by atoms with van der Waals surface area (Å²) in [6.07, 6.45) is 2.77. The van der Waals surface area contributed by atoms with Crippen LogP contribution in [-0.4, -0.2) is 36.4 Å². The molecule has 1 N–H and O–H groups in total. The highest BCUT2D eigenvalue weighted by Gasteiger charge is 2.16. The van der Waals surface area contributed by atoms with E-state index in [2.05, 4.69) is 46.4 Å². The first-order valence-electron chi connectivity index (χ1n) is 9.58. The molecule has 3 aromatic rings. The van der Waals surface area contributed by atoms with Crippen LogP contribution in [0.15, 0.2) is 65.3 Å². The van der Waals surface area contributed by atoms with E-state index < -0.39 is 0 Å². The molecule has 5 heteroatoms. The van der Waals surface area contributed by atoms with E-state index in [9.17, 15) is 4.79 Å². The number of likely N-dealkylation sites (N-methyl/N-ethyl adjacent to an activating group) is 1. The second-order valence-corrected chi connectivity index (χ2v) is 7.07. The molecular weight excluding hydrogens is 350 g/mol. The van der Waals surface area contributed by atoms with Gasteiger partial charge in [-0.05, 0) is 43.8 Å².